The first-order valence-corrected chi connectivity index (χ1v) is 7.52. The highest BCUT2D eigenvalue weighted by Crippen LogP contribution is 2.35. The minimum absolute atomic E-state index is 0.127. The molecule has 1 N–H and O–H groups in total. The Bertz CT molecular complexity index is 593. The van der Waals surface area contributed by atoms with Gasteiger partial charge in [0.05, 0.1) is 12.2 Å². The Balaban J connectivity index is 2.17. The summed E-state index contributed by atoms with van der Waals surface area (Å²) in [4.78, 5) is 25.0. The Labute approximate surface area is 132 Å². The number of halogens is 1. The van der Waals surface area contributed by atoms with Crippen LogP contribution in [0.3, 0.4) is 0 Å². The number of carbonyl (C=O) groups excluding carboxylic acids is 2. The number of nitrogens with one attached hydrogen (secondary N) is 1. The SMILES string of the molecule is CC(=O)Nc1ccc2c(c1Br)CN(C(=O)OC(C)(C)C)C2. The fourth-order valence-corrected chi connectivity index (χ4v) is 2.79. The van der Waals surface area contributed by atoms with Crippen molar-refractivity contribution in [2.45, 2.75) is 46.4 Å². The molecule has 0 saturated heterocycles. The van der Waals surface area contributed by atoms with Crippen molar-refractivity contribution in [1.82, 2.24) is 4.90 Å². The van der Waals surface area contributed by atoms with Gasteiger partial charge in [-0.05, 0) is 53.9 Å². The molecule has 1 aliphatic rings. The highest BCUT2D eigenvalue weighted by Gasteiger charge is 2.29. The summed E-state index contributed by atoms with van der Waals surface area (Å²) in [5.41, 5.74) is 2.27. The highest BCUT2D eigenvalue weighted by atomic mass is 79.9. The van der Waals surface area contributed by atoms with Crippen LogP contribution in [0.4, 0.5) is 10.5 Å². The maximum atomic E-state index is 12.1. The van der Waals surface area contributed by atoms with E-state index in [-0.39, 0.29) is 12.0 Å². The maximum Gasteiger partial charge on any atom is 0.410 e. The van der Waals surface area contributed by atoms with Gasteiger partial charge in [-0.2, -0.15) is 0 Å². The van der Waals surface area contributed by atoms with Gasteiger partial charge < -0.3 is 10.1 Å². The Morgan fingerprint density at radius 1 is 1.29 bits per heavy atom. The van der Waals surface area contributed by atoms with Crippen molar-refractivity contribution in [3.8, 4) is 0 Å². The summed E-state index contributed by atoms with van der Waals surface area (Å²) in [6.07, 6.45) is -0.327. The second kappa shape index (κ2) is 5.67. The van der Waals surface area contributed by atoms with Crippen molar-refractivity contribution >= 4 is 33.6 Å². The molecule has 0 fully saturated rings. The molecule has 5 nitrogen and oxygen atoms in total. The van der Waals surface area contributed by atoms with E-state index in [1.807, 2.05) is 32.9 Å². The largest absolute Gasteiger partial charge is 0.444 e. The lowest BCUT2D eigenvalue weighted by atomic mass is 10.1. The molecule has 2 rings (SSSR count). The lowest BCUT2D eigenvalue weighted by Crippen LogP contribution is -2.33. The molecule has 0 aliphatic carbocycles. The lowest BCUT2D eigenvalue weighted by molar-refractivity contribution is -0.114. The summed E-state index contributed by atoms with van der Waals surface area (Å²) in [7, 11) is 0. The van der Waals surface area contributed by atoms with E-state index >= 15 is 0 Å². The van der Waals surface area contributed by atoms with E-state index in [0.29, 0.717) is 18.8 Å². The van der Waals surface area contributed by atoms with Crippen LogP contribution in [0.15, 0.2) is 16.6 Å². The average molecular weight is 355 g/mol. The molecule has 1 aromatic rings. The summed E-state index contributed by atoms with van der Waals surface area (Å²) in [5.74, 6) is -0.127. The Kier molecular flexibility index (Phi) is 4.27. The number of rotatable bonds is 1. The number of fused-ring (bicyclic) bond motifs is 1. The van der Waals surface area contributed by atoms with Gasteiger partial charge in [-0.1, -0.05) is 6.07 Å². The molecule has 0 saturated carbocycles. The average Bonchev–Trinajstić information content (AvgIpc) is 2.75. The Morgan fingerprint density at radius 3 is 2.52 bits per heavy atom. The van der Waals surface area contributed by atoms with E-state index in [1.54, 1.807) is 4.90 Å². The van der Waals surface area contributed by atoms with Gasteiger partial charge in [0.2, 0.25) is 5.91 Å². The number of amides is 2. The summed E-state index contributed by atoms with van der Waals surface area (Å²) in [6, 6.07) is 3.76. The number of benzene rings is 1. The monoisotopic (exact) mass is 354 g/mol. The van der Waals surface area contributed by atoms with Crippen LogP contribution in [0.25, 0.3) is 0 Å². The van der Waals surface area contributed by atoms with Crippen molar-refractivity contribution in [1.29, 1.82) is 0 Å². The molecule has 0 unspecified atom stereocenters. The minimum atomic E-state index is -0.509. The molecule has 6 heteroatoms. The molecular formula is C15H19BrN2O3. The Morgan fingerprint density at radius 2 is 1.95 bits per heavy atom. The summed E-state index contributed by atoms with van der Waals surface area (Å²) < 4.78 is 6.21. The number of hydrogen-bond donors (Lipinski definition) is 1. The molecule has 2 amide bonds. The third kappa shape index (κ3) is 3.75. The van der Waals surface area contributed by atoms with Gasteiger partial charge >= 0.3 is 6.09 Å². The smallest absolute Gasteiger partial charge is 0.410 e. The molecule has 0 atom stereocenters. The standard InChI is InChI=1S/C15H19BrN2O3/c1-9(19)17-12-6-5-10-7-18(8-11(10)13(12)16)14(20)21-15(2,3)4/h5-6H,7-8H2,1-4H3,(H,17,19). The van der Waals surface area contributed by atoms with Crippen LogP contribution in [0.2, 0.25) is 0 Å². The fraction of sp³-hybridized carbons (Fsp3) is 0.467. The van der Waals surface area contributed by atoms with Crippen molar-refractivity contribution in [3.63, 3.8) is 0 Å². The second-order valence-electron chi connectivity index (χ2n) is 6.08. The van der Waals surface area contributed by atoms with Gasteiger partial charge in [0.25, 0.3) is 0 Å². The molecule has 1 aliphatic heterocycles. The van der Waals surface area contributed by atoms with E-state index < -0.39 is 5.60 Å². The molecule has 0 spiro atoms. The predicted octanol–water partition coefficient (Wildman–Crippen LogP) is 3.66. The van der Waals surface area contributed by atoms with Crippen molar-refractivity contribution in [3.05, 3.63) is 27.7 Å². The molecule has 114 valence electrons. The number of ether oxygens (including phenoxy) is 1. The molecular weight excluding hydrogens is 336 g/mol. The van der Waals surface area contributed by atoms with E-state index in [4.69, 9.17) is 4.74 Å². The Hall–Kier alpha value is -1.56. The maximum absolute atomic E-state index is 12.1. The fourth-order valence-electron chi connectivity index (χ4n) is 2.17. The lowest BCUT2D eigenvalue weighted by Gasteiger charge is -2.24. The molecule has 0 bridgehead atoms. The quantitative estimate of drug-likeness (QED) is 0.837. The first-order valence-electron chi connectivity index (χ1n) is 6.73. The third-order valence-corrected chi connectivity index (χ3v) is 3.92. The normalized spacial score (nSPS) is 13.9. The van der Waals surface area contributed by atoms with Crippen LogP contribution in [-0.4, -0.2) is 22.5 Å². The first kappa shape index (κ1) is 15.8. The number of anilines is 1. The van der Waals surface area contributed by atoms with Gasteiger partial charge in [0, 0.05) is 17.9 Å². The molecule has 0 radical (unpaired) electrons. The van der Waals surface area contributed by atoms with Gasteiger partial charge in [-0.3, -0.25) is 9.69 Å². The van der Waals surface area contributed by atoms with E-state index in [9.17, 15) is 9.59 Å². The van der Waals surface area contributed by atoms with Crippen LogP contribution in [0.5, 0.6) is 0 Å². The van der Waals surface area contributed by atoms with E-state index in [1.165, 1.54) is 6.92 Å². The zero-order valence-corrected chi connectivity index (χ0v) is 14.2. The number of nitrogens with zero attached hydrogens (tertiary/aromatic N) is 1. The summed E-state index contributed by atoms with van der Waals surface area (Å²) in [5, 5.41) is 2.76. The van der Waals surface area contributed by atoms with E-state index in [0.717, 1.165) is 15.6 Å². The number of hydrogen-bond acceptors (Lipinski definition) is 3. The van der Waals surface area contributed by atoms with Crippen LogP contribution in [0.1, 0.15) is 38.8 Å². The topological polar surface area (TPSA) is 58.6 Å². The summed E-state index contributed by atoms with van der Waals surface area (Å²) >= 11 is 3.51. The van der Waals surface area contributed by atoms with Gasteiger partial charge in [0.15, 0.2) is 0 Å². The van der Waals surface area contributed by atoms with Crippen molar-refractivity contribution in [2.75, 3.05) is 5.32 Å². The van der Waals surface area contributed by atoms with Crippen molar-refractivity contribution in [2.24, 2.45) is 0 Å². The first-order chi connectivity index (χ1) is 9.67. The third-order valence-electron chi connectivity index (χ3n) is 3.01. The van der Waals surface area contributed by atoms with Crippen LogP contribution < -0.4 is 5.32 Å². The molecule has 1 aromatic carbocycles. The minimum Gasteiger partial charge on any atom is -0.444 e. The van der Waals surface area contributed by atoms with Crippen LogP contribution in [0, 0.1) is 0 Å². The molecule has 21 heavy (non-hydrogen) atoms. The number of carbonyl (C=O) groups is 2. The molecule has 0 aromatic heterocycles. The zero-order valence-electron chi connectivity index (χ0n) is 12.6. The van der Waals surface area contributed by atoms with Crippen LogP contribution in [-0.2, 0) is 22.6 Å². The highest BCUT2D eigenvalue weighted by molar-refractivity contribution is 9.10. The van der Waals surface area contributed by atoms with Crippen LogP contribution >= 0.6 is 15.9 Å². The predicted molar refractivity (Wildman–Crippen MR) is 83.9 cm³/mol. The second-order valence-corrected chi connectivity index (χ2v) is 6.88. The summed E-state index contributed by atoms with van der Waals surface area (Å²) in [6.45, 7) is 7.99. The van der Waals surface area contributed by atoms with Gasteiger partial charge in [0.1, 0.15) is 5.60 Å². The van der Waals surface area contributed by atoms with Gasteiger partial charge in [-0.15, -0.1) is 0 Å². The van der Waals surface area contributed by atoms with E-state index in [2.05, 4.69) is 21.2 Å². The molecule has 1 heterocycles. The van der Waals surface area contributed by atoms with Gasteiger partial charge in [-0.25, -0.2) is 4.79 Å². The van der Waals surface area contributed by atoms with Crippen molar-refractivity contribution < 1.29 is 14.3 Å². The zero-order chi connectivity index (χ0) is 15.8.